The summed E-state index contributed by atoms with van der Waals surface area (Å²) < 4.78 is 0. The lowest BCUT2D eigenvalue weighted by atomic mass is 9.87. The fraction of sp³-hybridized carbons (Fsp3) is 0.636. The molecule has 0 amide bonds. The van der Waals surface area contributed by atoms with Crippen molar-refractivity contribution in [2.24, 2.45) is 11.1 Å². The molecule has 0 aromatic rings. The monoisotopic (exact) mass is 167 g/mol. The van der Waals surface area contributed by atoms with Gasteiger partial charge in [0.1, 0.15) is 0 Å². The summed E-state index contributed by atoms with van der Waals surface area (Å²) in [6.07, 6.45) is 5.04. The largest absolute Gasteiger partial charge is 0.402 e. The minimum Gasteiger partial charge on any atom is -0.402 e. The molecule has 0 saturated heterocycles. The van der Waals surface area contributed by atoms with Crippen molar-refractivity contribution in [3.05, 3.63) is 23.4 Å². The van der Waals surface area contributed by atoms with E-state index < -0.39 is 0 Å². The van der Waals surface area contributed by atoms with Crippen LogP contribution in [0, 0.1) is 5.41 Å². The Balaban J connectivity index is 4.39. The minimum atomic E-state index is 0.254. The van der Waals surface area contributed by atoms with Gasteiger partial charge < -0.3 is 5.73 Å². The summed E-state index contributed by atoms with van der Waals surface area (Å²) in [5.41, 5.74) is 8.24. The average molecular weight is 167 g/mol. The van der Waals surface area contributed by atoms with E-state index in [1.807, 2.05) is 6.08 Å². The van der Waals surface area contributed by atoms with Crippen molar-refractivity contribution < 1.29 is 0 Å². The number of rotatable bonds is 2. The van der Waals surface area contributed by atoms with Crippen LogP contribution in [0.25, 0.3) is 0 Å². The number of hydrogen-bond acceptors (Lipinski definition) is 1. The Labute approximate surface area is 76.3 Å². The van der Waals surface area contributed by atoms with Crippen molar-refractivity contribution in [2.75, 3.05) is 0 Å². The molecule has 0 heterocycles. The topological polar surface area (TPSA) is 26.0 Å². The Kier molecular flexibility index (Phi) is 4.08. The molecule has 0 rings (SSSR count). The molecular formula is C11H21N. The predicted octanol–water partition coefficient (Wildman–Crippen LogP) is 3.23. The van der Waals surface area contributed by atoms with Gasteiger partial charge in [-0.3, -0.25) is 0 Å². The van der Waals surface area contributed by atoms with Crippen LogP contribution in [0.3, 0.4) is 0 Å². The van der Waals surface area contributed by atoms with E-state index in [9.17, 15) is 0 Å². The van der Waals surface area contributed by atoms with E-state index in [0.717, 1.165) is 12.1 Å². The Morgan fingerprint density at radius 2 is 1.75 bits per heavy atom. The number of hydrogen-bond donors (Lipinski definition) is 1. The van der Waals surface area contributed by atoms with E-state index in [0.29, 0.717) is 0 Å². The van der Waals surface area contributed by atoms with Crippen molar-refractivity contribution in [1.82, 2.24) is 0 Å². The van der Waals surface area contributed by atoms with Crippen LogP contribution in [0.2, 0.25) is 0 Å². The maximum absolute atomic E-state index is 5.68. The second-order valence-corrected chi connectivity index (χ2v) is 4.19. The molecule has 0 saturated carbocycles. The van der Waals surface area contributed by atoms with Gasteiger partial charge in [0.15, 0.2) is 0 Å². The van der Waals surface area contributed by atoms with Crippen LogP contribution in [0.5, 0.6) is 0 Å². The molecule has 0 bridgehead atoms. The summed E-state index contributed by atoms with van der Waals surface area (Å²) >= 11 is 0. The first kappa shape index (κ1) is 11.3. The van der Waals surface area contributed by atoms with Crippen molar-refractivity contribution in [3.63, 3.8) is 0 Å². The molecule has 0 aromatic heterocycles. The molecule has 2 N–H and O–H groups in total. The van der Waals surface area contributed by atoms with Crippen LogP contribution in [-0.4, -0.2) is 0 Å². The highest BCUT2D eigenvalue weighted by atomic mass is 14.6. The molecule has 0 spiro atoms. The predicted molar refractivity (Wildman–Crippen MR) is 55.8 cm³/mol. The standard InChI is InChI=1S/C11H21N/c1-6-10(12)8-7-9(2)11(3,4)5/h7-8H,6,12H2,1-5H3/b9-7+,10-8+. The fourth-order valence-corrected chi connectivity index (χ4v) is 0.600. The van der Waals surface area contributed by atoms with Gasteiger partial charge in [0.05, 0.1) is 0 Å². The van der Waals surface area contributed by atoms with Gasteiger partial charge in [0, 0.05) is 5.70 Å². The zero-order valence-electron chi connectivity index (χ0n) is 8.94. The van der Waals surface area contributed by atoms with E-state index in [-0.39, 0.29) is 5.41 Å². The quantitative estimate of drug-likeness (QED) is 0.628. The first-order valence-electron chi connectivity index (χ1n) is 4.51. The molecule has 0 aliphatic carbocycles. The van der Waals surface area contributed by atoms with Crippen molar-refractivity contribution >= 4 is 0 Å². The van der Waals surface area contributed by atoms with Gasteiger partial charge in [-0.05, 0) is 24.8 Å². The Morgan fingerprint density at radius 3 is 2.08 bits per heavy atom. The zero-order valence-corrected chi connectivity index (χ0v) is 8.94. The minimum absolute atomic E-state index is 0.254. The summed E-state index contributed by atoms with van der Waals surface area (Å²) in [5.74, 6) is 0. The van der Waals surface area contributed by atoms with Crippen molar-refractivity contribution in [3.8, 4) is 0 Å². The van der Waals surface area contributed by atoms with E-state index in [2.05, 4.69) is 40.7 Å². The SMILES string of the molecule is CC/C(N)=C\C=C(/C)C(C)(C)C. The molecule has 70 valence electrons. The Hall–Kier alpha value is -0.720. The van der Waals surface area contributed by atoms with Gasteiger partial charge in [-0.15, -0.1) is 0 Å². The lowest BCUT2D eigenvalue weighted by Crippen LogP contribution is -2.06. The Bertz CT molecular complexity index is 192. The maximum atomic E-state index is 5.68. The van der Waals surface area contributed by atoms with Gasteiger partial charge in [-0.25, -0.2) is 0 Å². The summed E-state index contributed by atoms with van der Waals surface area (Å²) in [7, 11) is 0. The van der Waals surface area contributed by atoms with E-state index in [4.69, 9.17) is 5.73 Å². The molecule has 0 aliphatic heterocycles. The molecule has 0 fully saturated rings. The number of nitrogens with two attached hydrogens (primary N) is 1. The molecule has 0 radical (unpaired) electrons. The van der Waals surface area contributed by atoms with Gasteiger partial charge in [0.2, 0.25) is 0 Å². The van der Waals surface area contributed by atoms with E-state index in [1.165, 1.54) is 5.57 Å². The Morgan fingerprint density at radius 1 is 1.25 bits per heavy atom. The van der Waals surface area contributed by atoms with Crippen LogP contribution < -0.4 is 5.73 Å². The van der Waals surface area contributed by atoms with Crippen molar-refractivity contribution in [2.45, 2.75) is 41.0 Å². The molecule has 0 unspecified atom stereocenters. The highest BCUT2D eigenvalue weighted by Crippen LogP contribution is 2.24. The van der Waals surface area contributed by atoms with Gasteiger partial charge in [-0.1, -0.05) is 39.3 Å². The first-order valence-corrected chi connectivity index (χ1v) is 4.51. The molecule has 1 nitrogen and oxygen atoms in total. The van der Waals surface area contributed by atoms with Crippen LogP contribution in [-0.2, 0) is 0 Å². The zero-order chi connectivity index (χ0) is 9.78. The lowest BCUT2D eigenvalue weighted by Gasteiger charge is -2.18. The molecule has 0 atom stereocenters. The molecule has 1 heteroatoms. The van der Waals surface area contributed by atoms with Gasteiger partial charge in [0.25, 0.3) is 0 Å². The lowest BCUT2D eigenvalue weighted by molar-refractivity contribution is 0.504. The molecule has 0 aromatic carbocycles. The highest BCUT2D eigenvalue weighted by Gasteiger charge is 2.10. The third-order valence-electron chi connectivity index (χ3n) is 2.14. The van der Waals surface area contributed by atoms with Crippen molar-refractivity contribution in [1.29, 1.82) is 0 Å². The van der Waals surface area contributed by atoms with Crippen LogP contribution in [0.4, 0.5) is 0 Å². The molecule has 12 heavy (non-hydrogen) atoms. The summed E-state index contributed by atoms with van der Waals surface area (Å²) in [5, 5.41) is 0. The third kappa shape index (κ3) is 4.22. The van der Waals surface area contributed by atoms with E-state index >= 15 is 0 Å². The first-order chi connectivity index (χ1) is 5.38. The second kappa shape index (κ2) is 4.34. The average Bonchev–Trinajstić information content (AvgIpc) is 1.97. The highest BCUT2D eigenvalue weighted by molar-refractivity contribution is 5.18. The van der Waals surface area contributed by atoms with Crippen LogP contribution >= 0.6 is 0 Å². The molecular weight excluding hydrogens is 146 g/mol. The van der Waals surface area contributed by atoms with Gasteiger partial charge >= 0.3 is 0 Å². The molecule has 0 aliphatic rings. The smallest absolute Gasteiger partial charge is 0.00776 e. The van der Waals surface area contributed by atoms with Crippen LogP contribution in [0.15, 0.2) is 23.4 Å². The summed E-state index contributed by atoms with van der Waals surface area (Å²) in [4.78, 5) is 0. The maximum Gasteiger partial charge on any atom is 0.00776 e. The van der Waals surface area contributed by atoms with Crippen LogP contribution in [0.1, 0.15) is 41.0 Å². The normalized spacial score (nSPS) is 15.1. The third-order valence-corrected chi connectivity index (χ3v) is 2.14. The number of allylic oxidation sites excluding steroid dienone is 4. The second-order valence-electron chi connectivity index (χ2n) is 4.19. The fourth-order valence-electron chi connectivity index (χ4n) is 0.600. The van der Waals surface area contributed by atoms with E-state index in [1.54, 1.807) is 0 Å². The van der Waals surface area contributed by atoms with Gasteiger partial charge in [-0.2, -0.15) is 0 Å². The summed E-state index contributed by atoms with van der Waals surface area (Å²) in [6, 6.07) is 0. The summed E-state index contributed by atoms with van der Waals surface area (Å²) in [6.45, 7) is 10.8.